The summed E-state index contributed by atoms with van der Waals surface area (Å²) in [6.07, 6.45) is 0. The first-order chi connectivity index (χ1) is 7.75. The molecule has 0 aromatic heterocycles. The quantitative estimate of drug-likeness (QED) is 0.812. The van der Waals surface area contributed by atoms with Crippen LogP contribution in [-0.4, -0.2) is 5.91 Å². The van der Waals surface area contributed by atoms with Crippen molar-refractivity contribution in [3.05, 3.63) is 29.1 Å². The number of hydrogen-bond acceptors (Lipinski definition) is 2. The van der Waals surface area contributed by atoms with Gasteiger partial charge in [0, 0.05) is 16.7 Å². The van der Waals surface area contributed by atoms with Crippen molar-refractivity contribution in [2.75, 3.05) is 5.32 Å². The highest BCUT2D eigenvalue weighted by atomic mass is 19.1. The van der Waals surface area contributed by atoms with Crippen molar-refractivity contribution in [3.63, 3.8) is 0 Å². The van der Waals surface area contributed by atoms with E-state index in [9.17, 15) is 9.18 Å². The maximum absolute atomic E-state index is 13.5. The molecular formula is C13H15FN2O. The summed E-state index contributed by atoms with van der Waals surface area (Å²) in [7, 11) is 0. The zero-order valence-electron chi connectivity index (χ0n) is 10.4. The van der Waals surface area contributed by atoms with Gasteiger partial charge in [-0.15, -0.1) is 0 Å². The summed E-state index contributed by atoms with van der Waals surface area (Å²) in [5.74, 6) is -0.705. The molecule has 0 unspecified atom stereocenters. The van der Waals surface area contributed by atoms with Gasteiger partial charge in [-0.3, -0.25) is 4.79 Å². The summed E-state index contributed by atoms with van der Waals surface area (Å²) < 4.78 is 13.5. The Balaban J connectivity index is 3.12. The molecule has 0 spiro atoms. The third kappa shape index (κ3) is 3.04. The molecule has 0 atom stereocenters. The van der Waals surface area contributed by atoms with Gasteiger partial charge < -0.3 is 5.32 Å². The second-order valence-corrected chi connectivity index (χ2v) is 4.95. The van der Waals surface area contributed by atoms with E-state index in [-0.39, 0.29) is 11.5 Å². The van der Waals surface area contributed by atoms with Gasteiger partial charge in [-0.2, -0.15) is 5.26 Å². The summed E-state index contributed by atoms with van der Waals surface area (Å²) >= 11 is 0. The number of nitrogens with one attached hydrogen (secondary N) is 1. The third-order valence-corrected chi connectivity index (χ3v) is 2.40. The zero-order valence-corrected chi connectivity index (χ0v) is 10.4. The maximum atomic E-state index is 13.5. The largest absolute Gasteiger partial charge is 0.325 e. The fourth-order valence-electron chi connectivity index (χ4n) is 1.18. The molecule has 0 fully saturated rings. The Morgan fingerprint density at radius 2 is 2.00 bits per heavy atom. The molecule has 4 heteroatoms. The van der Waals surface area contributed by atoms with Crippen molar-refractivity contribution in [2.45, 2.75) is 27.7 Å². The Bertz CT molecular complexity index is 495. The lowest BCUT2D eigenvalue weighted by Crippen LogP contribution is -2.28. The van der Waals surface area contributed by atoms with Crippen LogP contribution in [0.1, 0.15) is 31.9 Å². The minimum atomic E-state index is -0.564. The number of amides is 1. The molecule has 0 aliphatic rings. The van der Waals surface area contributed by atoms with Gasteiger partial charge in [0.25, 0.3) is 0 Å². The molecule has 17 heavy (non-hydrogen) atoms. The van der Waals surface area contributed by atoms with Crippen molar-refractivity contribution in [1.82, 2.24) is 0 Å². The molecule has 3 nitrogen and oxygen atoms in total. The van der Waals surface area contributed by atoms with Crippen LogP contribution in [0.2, 0.25) is 0 Å². The lowest BCUT2D eigenvalue weighted by atomic mass is 9.95. The molecular weight excluding hydrogens is 219 g/mol. The lowest BCUT2D eigenvalue weighted by molar-refractivity contribution is -0.123. The van der Waals surface area contributed by atoms with Crippen molar-refractivity contribution in [2.24, 2.45) is 5.41 Å². The summed E-state index contributed by atoms with van der Waals surface area (Å²) in [6.45, 7) is 6.86. The number of nitriles is 1. The smallest absolute Gasteiger partial charge is 0.229 e. The Hall–Kier alpha value is -1.89. The van der Waals surface area contributed by atoms with E-state index in [1.807, 2.05) is 6.07 Å². The van der Waals surface area contributed by atoms with E-state index in [1.165, 1.54) is 6.07 Å². The number of rotatable bonds is 1. The standard InChI is InChI=1S/C13H15FN2O/c1-8-10(14)5-9(7-15)6-11(8)16-12(17)13(2,3)4/h5-6H,1-4H3,(H,16,17). The zero-order chi connectivity index (χ0) is 13.2. The van der Waals surface area contributed by atoms with Crippen LogP contribution >= 0.6 is 0 Å². The molecule has 0 aliphatic carbocycles. The van der Waals surface area contributed by atoms with Gasteiger partial charge in [0.15, 0.2) is 0 Å². The molecule has 1 aromatic rings. The third-order valence-electron chi connectivity index (χ3n) is 2.40. The van der Waals surface area contributed by atoms with Gasteiger partial charge in [0.1, 0.15) is 5.82 Å². The number of halogens is 1. The van der Waals surface area contributed by atoms with Crippen LogP contribution in [0.25, 0.3) is 0 Å². The molecule has 1 N–H and O–H groups in total. The Morgan fingerprint density at radius 3 is 2.47 bits per heavy atom. The second kappa shape index (κ2) is 4.54. The first-order valence-electron chi connectivity index (χ1n) is 5.27. The van der Waals surface area contributed by atoms with Crippen molar-refractivity contribution in [3.8, 4) is 6.07 Å². The molecule has 1 aromatic carbocycles. The van der Waals surface area contributed by atoms with E-state index in [1.54, 1.807) is 27.7 Å². The molecule has 1 rings (SSSR count). The highest BCUT2D eigenvalue weighted by molar-refractivity contribution is 5.95. The molecule has 0 aliphatic heterocycles. The number of carbonyl (C=O) groups is 1. The first-order valence-corrected chi connectivity index (χ1v) is 5.27. The van der Waals surface area contributed by atoms with E-state index >= 15 is 0 Å². The van der Waals surface area contributed by atoms with Gasteiger partial charge >= 0.3 is 0 Å². The summed E-state index contributed by atoms with van der Waals surface area (Å²) in [4.78, 5) is 11.8. The number of anilines is 1. The van der Waals surface area contributed by atoms with Crippen LogP contribution in [0, 0.1) is 29.5 Å². The first kappa shape index (κ1) is 13.2. The van der Waals surface area contributed by atoms with Gasteiger partial charge in [-0.25, -0.2) is 4.39 Å². The van der Waals surface area contributed by atoms with Crippen LogP contribution in [0.5, 0.6) is 0 Å². The van der Waals surface area contributed by atoms with Crippen LogP contribution in [0.15, 0.2) is 12.1 Å². The minimum absolute atomic E-state index is 0.192. The van der Waals surface area contributed by atoms with Crippen LogP contribution in [0.3, 0.4) is 0 Å². The fraction of sp³-hybridized carbons (Fsp3) is 0.385. The predicted octanol–water partition coefficient (Wildman–Crippen LogP) is 2.99. The molecule has 0 heterocycles. The highest BCUT2D eigenvalue weighted by Gasteiger charge is 2.22. The minimum Gasteiger partial charge on any atom is -0.325 e. The summed E-state index contributed by atoms with van der Waals surface area (Å²) in [5, 5.41) is 11.4. The van der Waals surface area contributed by atoms with Crippen LogP contribution < -0.4 is 5.32 Å². The van der Waals surface area contributed by atoms with E-state index in [4.69, 9.17) is 5.26 Å². The maximum Gasteiger partial charge on any atom is 0.229 e. The average Bonchev–Trinajstić information content (AvgIpc) is 2.22. The van der Waals surface area contributed by atoms with E-state index in [0.29, 0.717) is 11.3 Å². The lowest BCUT2D eigenvalue weighted by Gasteiger charge is -2.19. The van der Waals surface area contributed by atoms with Crippen LogP contribution in [-0.2, 0) is 4.79 Å². The topological polar surface area (TPSA) is 52.9 Å². The number of carbonyl (C=O) groups excluding carboxylic acids is 1. The number of hydrogen-bond donors (Lipinski definition) is 1. The SMILES string of the molecule is Cc1c(F)cc(C#N)cc1NC(=O)C(C)(C)C. The van der Waals surface area contributed by atoms with E-state index in [2.05, 4.69) is 5.32 Å². The van der Waals surface area contributed by atoms with E-state index in [0.717, 1.165) is 6.07 Å². The highest BCUT2D eigenvalue weighted by Crippen LogP contribution is 2.23. The van der Waals surface area contributed by atoms with Gasteiger partial charge in [0.2, 0.25) is 5.91 Å². The molecule has 0 saturated carbocycles. The second-order valence-electron chi connectivity index (χ2n) is 4.95. The Labute approximate surface area is 100 Å². The molecule has 90 valence electrons. The van der Waals surface area contributed by atoms with Gasteiger partial charge in [-0.05, 0) is 19.1 Å². The van der Waals surface area contributed by atoms with Gasteiger partial charge in [0.05, 0.1) is 11.6 Å². The van der Waals surface area contributed by atoms with Crippen molar-refractivity contribution < 1.29 is 9.18 Å². The predicted molar refractivity (Wildman–Crippen MR) is 63.9 cm³/mol. The molecule has 0 radical (unpaired) electrons. The van der Waals surface area contributed by atoms with Gasteiger partial charge in [-0.1, -0.05) is 20.8 Å². The fourth-order valence-corrected chi connectivity index (χ4v) is 1.18. The summed E-state index contributed by atoms with van der Waals surface area (Å²) in [5.41, 5.74) is 0.311. The van der Waals surface area contributed by atoms with Crippen LogP contribution in [0.4, 0.5) is 10.1 Å². The molecule has 0 bridgehead atoms. The number of nitrogens with zero attached hydrogens (tertiary/aromatic N) is 1. The van der Waals surface area contributed by atoms with Crippen molar-refractivity contribution in [1.29, 1.82) is 5.26 Å². The van der Waals surface area contributed by atoms with E-state index < -0.39 is 11.2 Å². The normalized spacial score (nSPS) is 10.8. The van der Waals surface area contributed by atoms with Crippen molar-refractivity contribution >= 4 is 11.6 Å². The Morgan fingerprint density at radius 1 is 1.41 bits per heavy atom. The average molecular weight is 234 g/mol. The summed E-state index contributed by atoms with van der Waals surface area (Å²) in [6, 6.07) is 4.49. The monoisotopic (exact) mass is 234 g/mol. The Kier molecular flexibility index (Phi) is 3.52. The molecule has 0 saturated heterocycles. The molecule has 1 amide bonds. The number of benzene rings is 1.